The molecule has 0 fully saturated rings. The van der Waals surface area contributed by atoms with Crippen LogP contribution in [0, 0.1) is 0 Å². The van der Waals surface area contributed by atoms with E-state index in [1.165, 1.54) is 19.3 Å². The zero-order valence-corrected chi connectivity index (χ0v) is 11.3. The molecule has 0 nitrogen and oxygen atoms in total. The molecule has 0 saturated carbocycles. The van der Waals surface area contributed by atoms with Gasteiger partial charge in [-0.05, 0) is 25.7 Å². The monoisotopic (exact) mass is 230 g/mol. The predicted molar refractivity (Wildman–Crippen MR) is 73.2 cm³/mol. The first-order valence-corrected chi connectivity index (χ1v) is 6.57. The normalized spacial score (nSPS) is 11.4. The Morgan fingerprint density at radius 2 is 2.07 bits per heavy atom. The van der Waals surface area contributed by atoms with Gasteiger partial charge in [0.1, 0.15) is 0 Å². The Hall–Kier alpha value is 0.180. The lowest BCUT2D eigenvalue weighted by Gasteiger charge is -2.23. The van der Waals surface area contributed by atoms with E-state index >= 15 is 0 Å². The highest BCUT2D eigenvalue weighted by atomic mass is 32.2. The lowest BCUT2D eigenvalue weighted by molar-refractivity contribution is 0.583. The van der Waals surface area contributed by atoms with Crippen molar-refractivity contribution < 1.29 is 0 Å². The summed E-state index contributed by atoms with van der Waals surface area (Å²) in [6, 6.07) is 0. The highest BCUT2D eigenvalue weighted by Gasteiger charge is 2.19. The minimum atomic E-state index is 0.314. The maximum Gasteiger partial charge on any atom is 0.0480 e. The number of rotatable bonds is 7. The number of thiocarbonyl (C=S) groups is 1. The fraction of sp³-hybridized carbons (Fsp3) is 0.750. The Kier molecular flexibility index (Phi) is 7.56. The molecule has 0 N–H and O–H groups in total. The first-order chi connectivity index (χ1) is 6.52. The summed E-state index contributed by atoms with van der Waals surface area (Å²) >= 11 is 7.12. The van der Waals surface area contributed by atoms with Crippen molar-refractivity contribution >= 4 is 28.2 Å². The molecular weight excluding hydrogens is 208 g/mol. The second-order valence-corrected chi connectivity index (χ2v) is 6.68. The number of unbranched alkanes of at least 4 members (excludes halogenated alkanes) is 2. The molecule has 0 aromatic rings. The second kappa shape index (κ2) is 7.47. The maximum atomic E-state index is 5.25. The Bertz CT molecular complexity index is 183. The molecule has 0 rings (SSSR count). The van der Waals surface area contributed by atoms with E-state index in [0.717, 1.165) is 17.0 Å². The summed E-state index contributed by atoms with van der Waals surface area (Å²) < 4.78 is 1.45. The number of hydrogen-bond donors (Lipinski definition) is 0. The molecule has 0 aliphatic carbocycles. The van der Waals surface area contributed by atoms with Crippen molar-refractivity contribution in [2.75, 3.05) is 0 Å². The van der Waals surface area contributed by atoms with E-state index in [0.29, 0.717) is 4.75 Å². The standard InChI is InChI=1S/C12H22S2/c1-5-7-8-9-10-12(3,4)14-11(13)6-2/h5H,1,6-10H2,2-4H3. The van der Waals surface area contributed by atoms with Gasteiger partial charge in [0.05, 0.1) is 0 Å². The molecule has 0 aliphatic rings. The summed E-state index contributed by atoms with van der Waals surface area (Å²) in [5.74, 6) is 0. The van der Waals surface area contributed by atoms with Crippen molar-refractivity contribution in [2.45, 2.75) is 57.6 Å². The van der Waals surface area contributed by atoms with Crippen LogP contribution in [-0.4, -0.2) is 8.94 Å². The third-order valence-corrected chi connectivity index (χ3v) is 3.93. The average molecular weight is 230 g/mol. The minimum Gasteiger partial charge on any atom is -0.113 e. The van der Waals surface area contributed by atoms with Gasteiger partial charge in [0.15, 0.2) is 0 Å². The van der Waals surface area contributed by atoms with E-state index in [-0.39, 0.29) is 0 Å². The summed E-state index contributed by atoms with van der Waals surface area (Å²) in [6.45, 7) is 10.4. The van der Waals surface area contributed by atoms with Gasteiger partial charge in [-0.3, -0.25) is 0 Å². The third kappa shape index (κ3) is 7.57. The van der Waals surface area contributed by atoms with Crippen LogP contribution >= 0.6 is 24.0 Å². The van der Waals surface area contributed by atoms with Gasteiger partial charge in [0.25, 0.3) is 0 Å². The van der Waals surface area contributed by atoms with Crippen molar-refractivity contribution in [1.29, 1.82) is 0 Å². The first-order valence-electron chi connectivity index (χ1n) is 5.34. The molecule has 0 aliphatic heterocycles. The highest BCUT2D eigenvalue weighted by molar-refractivity contribution is 8.23. The van der Waals surface area contributed by atoms with E-state index in [1.54, 1.807) is 0 Å². The summed E-state index contributed by atoms with van der Waals surface area (Å²) in [5.41, 5.74) is 0. The Morgan fingerprint density at radius 1 is 1.43 bits per heavy atom. The van der Waals surface area contributed by atoms with E-state index in [4.69, 9.17) is 12.2 Å². The Morgan fingerprint density at radius 3 is 2.57 bits per heavy atom. The topological polar surface area (TPSA) is 0 Å². The minimum absolute atomic E-state index is 0.314. The van der Waals surface area contributed by atoms with Crippen molar-refractivity contribution in [3.63, 3.8) is 0 Å². The van der Waals surface area contributed by atoms with Crippen LogP contribution in [0.4, 0.5) is 0 Å². The molecule has 0 amide bonds. The van der Waals surface area contributed by atoms with Gasteiger partial charge in [0.2, 0.25) is 0 Å². The molecule has 14 heavy (non-hydrogen) atoms. The fourth-order valence-electron chi connectivity index (χ4n) is 1.27. The number of thioether (sulfide) groups is 1. The quantitative estimate of drug-likeness (QED) is 0.343. The van der Waals surface area contributed by atoms with Crippen LogP contribution in [0.25, 0.3) is 0 Å². The zero-order valence-electron chi connectivity index (χ0n) is 9.64. The number of hydrogen-bond acceptors (Lipinski definition) is 2. The molecule has 0 bridgehead atoms. The van der Waals surface area contributed by atoms with Crippen LogP contribution in [0.5, 0.6) is 0 Å². The summed E-state index contributed by atoms with van der Waals surface area (Å²) in [6.07, 6.45) is 7.92. The van der Waals surface area contributed by atoms with Gasteiger partial charge in [0, 0.05) is 8.94 Å². The second-order valence-electron chi connectivity index (χ2n) is 4.12. The molecule has 82 valence electrons. The van der Waals surface area contributed by atoms with Gasteiger partial charge in [-0.1, -0.05) is 45.5 Å². The molecule has 0 aromatic heterocycles. The van der Waals surface area contributed by atoms with Crippen LogP contribution in [0.3, 0.4) is 0 Å². The highest BCUT2D eigenvalue weighted by Crippen LogP contribution is 2.32. The molecule has 0 heterocycles. The van der Waals surface area contributed by atoms with Crippen LogP contribution in [0.1, 0.15) is 52.9 Å². The average Bonchev–Trinajstić information content (AvgIpc) is 2.12. The molecule has 0 spiro atoms. The zero-order chi connectivity index (χ0) is 11.0. The summed E-state index contributed by atoms with van der Waals surface area (Å²) in [4.78, 5) is 0. The summed E-state index contributed by atoms with van der Waals surface area (Å²) in [7, 11) is 0. The summed E-state index contributed by atoms with van der Waals surface area (Å²) in [5, 5.41) is 0. The molecule has 0 aromatic carbocycles. The smallest absolute Gasteiger partial charge is 0.0480 e. The van der Waals surface area contributed by atoms with Crippen molar-refractivity contribution in [3.05, 3.63) is 12.7 Å². The van der Waals surface area contributed by atoms with E-state index in [2.05, 4.69) is 27.4 Å². The van der Waals surface area contributed by atoms with Crippen LogP contribution in [-0.2, 0) is 0 Å². The Labute approximate surface area is 98.5 Å². The van der Waals surface area contributed by atoms with Gasteiger partial charge >= 0.3 is 0 Å². The van der Waals surface area contributed by atoms with E-state index in [9.17, 15) is 0 Å². The largest absolute Gasteiger partial charge is 0.113 e. The van der Waals surface area contributed by atoms with Gasteiger partial charge in [-0.2, -0.15) is 0 Å². The van der Waals surface area contributed by atoms with Crippen molar-refractivity contribution in [2.24, 2.45) is 0 Å². The lowest BCUT2D eigenvalue weighted by atomic mass is 10.0. The first kappa shape index (κ1) is 14.2. The Balaban J connectivity index is 3.71. The molecule has 0 atom stereocenters. The lowest BCUT2D eigenvalue weighted by Crippen LogP contribution is -2.16. The van der Waals surface area contributed by atoms with Crippen LogP contribution < -0.4 is 0 Å². The van der Waals surface area contributed by atoms with Crippen molar-refractivity contribution in [1.82, 2.24) is 0 Å². The predicted octanol–water partition coefficient (Wildman–Crippen LogP) is 4.98. The molecular formula is C12H22S2. The SMILES string of the molecule is C=CCCCCC(C)(C)SC(=S)CC. The maximum absolute atomic E-state index is 5.25. The van der Waals surface area contributed by atoms with Crippen LogP contribution in [0.15, 0.2) is 12.7 Å². The molecule has 0 saturated heterocycles. The third-order valence-electron chi connectivity index (χ3n) is 2.12. The fourth-order valence-corrected chi connectivity index (χ4v) is 2.95. The van der Waals surface area contributed by atoms with Gasteiger partial charge in [-0.25, -0.2) is 0 Å². The van der Waals surface area contributed by atoms with E-state index < -0.39 is 0 Å². The molecule has 2 heteroatoms. The van der Waals surface area contributed by atoms with Crippen molar-refractivity contribution in [3.8, 4) is 0 Å². The van der Waals surface area contributed by atoms with Crippen LogP contribution in [0.2, 0.25) is 0 Å². The van der Waals surface area contributed by atoms with E-state index in [1.807, 2.05) is 17.8 Å². The molecule has 0 unspecified atom stereocenters. The number of allylic oxidation sites excluding steroid dienone is 1. The van der Waals surface area contributed by atoms with Gasteiger partial charge < -0.3 is 0 Å². The van der Waals surface area contributed by atoms with Gasteiger partial charge in [-0.15, -0.1) is 18.3 Å². The molecule has 0 radical (unpaired) electrons.